The molecule has 18 heavy (non-hydrogen) atoms. The van der Waals surface area contributed by atoms with Crippen LogP contribution in [-0.2, 0) is 0 Å². The number of alkyl halides is 3. The molecule has 1 heterocycles. The minimum absolute atomic E-state index is 0.0718. The normalized spacial score (nSPS) is 13.2. The summed E-state index contributed by atoms with van der Waals surface area (Å²) in [6.45, 7) is 1.71. The Kier molecular flexibility index (Phi) is 4.54. The summed E-state index contributed by atoms with van der Waals surface area (Å²) >= 11 is 0. The van der Waals surface area contributed by atoms with Crippen molar-refractivity contribution >= 4 is 17.6 Å². The number of nitrogens with zero attached hydrogens (tertiary/aromatic N) is 2. The number of nitrogens with two attached hydrogens (primary N) is 1. The summed E-state index contributed by atoms with van der Waals surface area (Å²) in [4.78, 5) is 7.54. The molecular weight excluding hydrogens is 251 g/mol. The van der Waals surface area contributed by atoms with Crippen LogP contribution in [0.2, 0.25) is 0 Å². The summed E-state index contributed by atoms with van der Waals surface area (Å²) in [5, 5.41) is 14.0. The fraction of sp³-hybridized carbons (Fsp3) is 0.556. The molecule has 9 heteroatoms. The van der Waals surface area contributed by atoms with E-state index in [1.165, 1.54) is 6.07 Å². The highest BCUT2D eigenvalue weighted by molar-refractivity contribution is 5.50. The number of hydrogen-bond donors (Lipinski definition) is 4. The van der Waals surface area contributed by atoms with Crippen molar-refractivity contribution in [1.82, 2.24) is 9.97 Å². The van der Waals surface area contributed by atoms with Crippen molar-refractivity contribution in [2.75, 3.05) is 29.5 Å². The van der Waals surface area contributed by atoms with Gasteiger partial charge in [0.05, 0.1) is 6.54 Å². The molecule has 6 nitrogen and oxygen atoms in total. The molecule has 1 aromatic rings. The smallest absolute Gasteiger partial charge is 0.382 e. The lowest BCUT2D eigenvalue weighted by Crippen LogP contribution is -2.35. The highest BCUT2D eigenvalue weighted by Gasteiger charge is 2.37. The van der Waals surface area contributed by atoms with Gasteiger partial charge in [-0.15, -0.1) is 0 Å². The molecule has 1 atom stereocenters. The van der Waals surface area contributed by atoms with Gasteiger partial charge in [-0.05, 0) is 6.92 Å². The van der Waals surface area contributed by atoms with Gasteiger partial charge in [-0.25, -0.2) is 0 Å². The van der Waals surface area contributed by atoms with Crippen LogP contribution in [0.5, 0.6) is 0 Å². The SMILES string of the molecule is CCNc1cc(NCC(O)C(F)(F)F)nc(N)n1. The van der Waals surface area contributed by atoms with Crippen molar-refractivity contribution < 1.29 is 18.3 Å². The van der Waals surface area contributed by atoms with Crippen molar-refractivity contribution in [3.63, 3.8) is 0 Å². The predicted octanol–water partition coefficient (Wildman–Crippen LogP) is 0.826. The number of hydrogen-bond acceptors (Lipinski definition) is 6. The molecule has 0 aliphatic carbocycles. The van der Waals surface area contributed by atoms with E-state index in [2.05, 4.69) is 20.6 Å². The maximum absolute atomic E-state index is 12.1. The van der Waals surface area contributed by atoms with E-state index in [-0.39, 0.29) is 11.8 Å². The Hall–Kier alpha value is -1.77. The molecule has 0 aromatic carbocycles. The third-order valence-corrected chi connectivity index (χ3v) is 1.96. The fourth-order valence-electron chi connectivity index (χ4n) is 1.15. The third-order valence-electron chi connectivity index (χ3n) is 1.96. The Morgan fingerprint density at radius 3 is 2.39 bits per heavy atom. The van der Waals surface area contributed by atoms with Gasteiger partial charge in [0.25, 0.3) is 0 Å². The monoisotopic (exact) mass is 265 g/mol. The summed E-state index contributed by atoms with van der Waals surface area (Å²) in [6.07, 6.45) is -7.13. The van der Waals surface area contributed by atoms with Crippen LogP contribution in [-0.4, -0.2) is 40.4 Å². The largest absolute Gasteiger partial charge is 0.416 e. The first-order valence-corrected chi connectivity index (χ1v) is 5.20. The number of nitrogens with one attached hydrogen (secondary N) is 2. The predicted molar refractivity (Wildman–Crippen MR) is 61.2 cm³/mol. The summed E-state index contributed by atoms with van der Waals surface area (Å²) in [6, 6.07) is 1.41. The Morgan fingerprint density at radius 1 is 1.33 bits per heavy atom. The second-order valence-electron chi connectivity index (χ2n) is 3.47. The van der Waals surface area contributed by atoms with Gasteiger partial charge in [0, 0.05) is 12.6 Å². The van der Waals surface area contributed by atoms with Crippen LogP contribution in [0.3, 0.4) is 0 Å². The van der Waals surface area contributed by atoms with Gasteiger partial charge in [-0.3, -0.25) is 0 Å². The molecule has 1 rings (SSSR count). The van der Waals surface area contributed by atoms with Crippen LogP contribution in [0.15, 0.2) is 6.07 Å². The molecule has 0 amide bonds. The number of anilines is 3. The Balaban J connectivity index is 2.67. The van der Waals surface area contributed by atoms with Gasteiger partial charge in [-0.1, -0.05) is 0 Å². The minimum atomic E-state index is -4.67. The zero-order valence-corrected chi connectivity index (χ0v) is 9.62. The second-order valence-corrected chi connectivity index (χ2v) is 3.47. The van der Waals surface area contributed by atoms with Crippen LogP contribution in [0.25, 0.3) is 0 Å². The molecule has 0 saturated heterocycles. The van der Waals surface area contributed by atoms with Gasteiger partial charge in [0.2, 0.25) is 5.95 Å². The molecule has 0 bridgehead atoms. The molecular formula is C9H14F3N5O. The number of aliphatic hydroxyl groups excluding tert-OH is 1. The summed E-state index contributed by atoms with van der Waals surface area (Å²) in [7, 11) is 0. The first kappa shape index (κ1) is 14.3. The molecule has 0 aliphatic heterocycles. The van der Waals surface area contributed by atoms with Crippen LogP contribution >= 0.6 is 0 Å². The summed E-state index contributed by atoms with van der Waals surface area (Å²) in [5.74, 6) is 0.438. The van der Waals surface area contributed by atoms with Crippen molar-refractivity contribution in [3.8, 4) is 0 Å². The van der Waals surface area contributed by atoms with E-state index in [0.29, 0.717) is 12.4 Å². The third kappa shape index (κ3) is 4.24. The van der Waals surface area contributed by atoms with E-state index in [1.54, 1.807) is 0 Å². The van der Waals surface area contributed by atoms with Gasteiger partial charge >= 0.3 is 6.18 Å². The number of aliphatic hydroxyl groups is 1. The first-order chi connectivity index (χ1) is 8.32. The van der Waals surface area contributed by atoms with Crippen LogP contribution in [0.1, 0.15) is 6.92 Å². The topological polar surface area (TPSA) is 96.1 Å². The molecule has 1 unspecified atom stereocenters. The number of rotatable bonds is 5. The Bertz CT molecular complexity index is 398. The van der Waals surface area contributed by atoms with E-state index in [1.807, 2.05) is 6.92 Å². The average Bonchev–Trinajstić information content (AvgIpc) is 2.24. The van der Waals surface area contributed by atoms with Crippen molar-refractivity contribution in [1.29, 1.82) is 0 Å². The number of nitrogen functional groups attached to an aromatic ring is 1. The fourth-order valence-corrected chi connectivity index (χ4v) is 1.15. The quantitative estimate of drug-likeness (QED) is 0.629. The molecule has 5 N–H and O–H groups in total. The summed E-state index contributed by atoms with van der Waals surface area (Å²) in [5.41, 5.74) is 5.39. The maximum Gasteiger partial charge on any atom is 0.416 e. The van der Waals surface area contributed by atoms with Gasteiger partial charge < -0.3 is 21.5 Å². The second kappa shape index (κ2) is 5.71. The van der Waals surface area contributed by atoms with Gasteiger partial charge in [0.1, 0.15) is 11.6 Å². The molecule has 0 radical (unpaired) electrons. The lowest BCUT2D eigenvalue weighted by Gasteiger charge is -2.15. The van der Waals surface area contributed by atoms with E-state index >= 15 is 0 Å². The van der Waals surface area contributed by atoms with E-state index in [9.17, 15) is 13.2 Å². The number of halogens is 3. The zero-order chi connectivity index (χ0) is 13.8. The molecule has 1 aromatic heterocycles. The van der Waals surface area contributed by atoms with Crippen molar-refractivity contribution in [2.45, 2.75) is 19.2 Å². The molecule has 0 aliphatic rings. The van der Waals surface area contributed by atoms with E-state index in [0.717, 1.165) is 0 Å². The Labute approximate surface area is 101 Å². The van der Waals surface area contributed by atoms with Crippen LogP contribution in [0.4, 0.5) is 30.8 Å². The lowest BCUT2D eigenvalue weighted by atomic mass is 10.3. The average molecular weight is 265 g/mol. The van der Waals surface area contributed by atoms with E-state index < -0.39 is 18.8 Å². The number of aromatic nitrogens is 2. The molecule has 102 valence electrons. The van der Waals surface area contributed by atoms with Crippen LogP contribution in [0, 0.1) is 0 Å². The lowest BCUT2D eigenvalue weighted by molar-refractivity contribution is -0.198. The minimum Gasteiger partial charge on any atom is -0.382 e. The van der Waals surface area contributed by atoms with E-state index in [4.69, 9.17) is 10.8 Å². The molecule has 0 fully saturated rings. The first-order valence-electron chi connectivity index (χ1n) is 5.20. The van der Waals surface area contributed by atoms with Gasteiger partial charge in [0.15, 0.2) is 6.10 Å². The van der Waals surface area contributed by atoms with Crippen molar-refractivity contribution in [2.24, 2.45) is 0 Å². The maximum atomic E-state index is 12.1. The highest BCUT2D eigenvalue weighted by Crippen LogP contribution is 2.20. The zero-order valence-electron chi connectivity index (χ0n) is 9.62. The highest BCUT2D eigenvalue weighted by atomic mass is 19.4. The molecule has 0 saturated carbocycles. The van der Waals surface area contributed by atoms with Crippen molar-refractivity contribution in [3.05, 3.63) is 6.07 Å². The standard InChI is InChI=1S/C9H14F3N5O/c1-2-14-6-3-7(17-8(13)16-6)15-4-5(18)9(10,11)12/h3,5,18H,2,4H2,1H3,(H4,13,14,15,16,17). The Morgan fingerprint density at radius 2 is 1.89 bits per heavy atom. The molecule has 0 spiro atoms. The van der Waals surface area contributed by atoms with Gasteiger partial charge in [-0.2, -0.15) is 23.1 Å². The van der Waals surface area contributed by atoms with Crippen LogP contribution < -0.4 is 16.4 Å². The summed E-state index contributed by atoms with van der Waals surface area (Å²) < 4.78 is 36.2.